The summed E-state index contributed by atoms with van der Waals surface area (Å²) in [6.07, 6.45) is 4.74. The van der Waals surface area contributed by atoms with E-state index in [1.807, 2.05) is 39.0 Å². The molecule has 1 aromatic carbocycles. The summed E-state index contributed by atoms with van der Waals surface area (Å²) < 4.78 is 10.7. The van der Waals surface area contributed by atoms with Crippen LogP contribution in [0, 0.1) is 0 Å². The van der Waals surface area contributed by atoms with Gasteiger partial charge in [0.05, 0.1) is 7.11 Å². The first-order valence-electron chi connectivity index (χ1n) is 8.21. The minimum absolute atomic E-state index is 0.433. The molecule has 0 aromatic heterocycles. The number of ether oxygens (including phenoxy) is 2. The molecule has 23 heavy (non-hydrogen) atoms. The van der Waals surface area contributed by atoms with Crippen molar-refractivity contribution in [1.29, 1.82) is 0 Å². The lowest BCUT2D eigenvalue weighted by molar-refractivity contribution is 0.0635. The van der Waals surface area contributed by atoms with Gasteiger partial charge in [-0.15, -0.1) is 0 Å². The van der Waals surface area contributed by atoms with E-state index in [1.54, 1.807) is 7.11 Å². The Labute approximate surface area is 138 Å². The van der Waals surface area contributed by atoms with Gasteiger partial charge in [-0.05, 0) is 57.4 Å². The average Bonchev–Trinajstić information content (AvgIpc) is 2.46. The highest BCUT2D eigenvalue weighted by Gasteiger charge is 2.32. The minimum atomic E-state index is -0.540. The molecule has 1 saturated carbocycles. The number of carbonyl (C=O) groups is 1. The number of benzene rings is 1. The first-order valence-corrected chi connectivity index (χ1v) is 8.21. The third-order valence-electron chi connectivity index (χ3n) is 4.14. The van der Waals surface area contributed by atoms with Crippen molar-refractivity contribution in [1.82, 2.24) is 0 Å². The fraction of sp³-hybridized carbons (Fsp3) is 0.611. The van der Waals surface area contributed by atoms with Crippen LogP contribution in [0.3, 0.4) is 0 Å². The normalized spacial score (nSPS) is 17.4. The van der Waals surface area contributed by atoms with Crippen molar-refractivity contribution in [2.24, 2.45) is 5.73 Å². The van der Waals surface area contributed by atoms with Gasteiger partial charge in [0.1, 0.15) is 11.4 Å². The Morgan fingerprint density at radius 1 is 1.22 bits per heavy atom. The second kappa shape index (κ2) is 6.79. The molecular formula is C18H28N2O3. The van der Waals surface area contributed by atoms with Gasteiger partial charge in [-0.2, -0.15) is 0 Å². The maximum atomic E-state index is 12.1. The van der Waals surface area contributed by atoms with Crippen molar-refractivity contribution < 1.29 is 14.3 Å². The van der Waals surface area contributed by atoms with Gasteiger partial charge in [0.2, 0.25) is 0 Å². The average molecular weight is 320 g/mol. The number of anilines is 1. The smallest absolute Gasteiger partial charge is 0.412 e. The van der Waals surface area contributed by atoms with E-state index in [-0.39, 0.29) is 0 Å². The van der Waals surface area contributed by atoms with Crippen molar-refractivity contribution >= 4 is 11.8 Å². The van der Waals surface area contributed by atoms with Crippen LogP contribution in [0.25, 0.3) is 0 Å². The van der Waals surface area contributed by atoms with Crippen molar-refractivity contribution in [3.05, 3.63) is 23.8 Å². The Hall–Kier alpha value is -1.75. The molecule has 0 radical (unpaired) electrons. The Morgan fingerprint density at radius 2 is 1.87 bits per heavy atom. The highest BCUT2D eigenvalue weighted by molar-refractivity contribution is 5.86. The number of nitrogens with two attached hydrogens (primary N) is 1. The number of amides is 1. The van der Waals surface area contributed by atoms with Crippen molar-refractivity contribution in [2.45, 2.75) is 64.0 Å². The van der Waals surface area contributed by atoms with Crippen LogP contribution in [0.15, 0.2) is 18.2 Å². The van der Waals surface area contributed by atoms with Crippen LogP contribution in [-0.4, -0.2) is 18.8 Å². The fourth-order valence-corrected chi connectivity index (χ4v) is 3.04. The van der Waals surface area contributed by atoms with Gasteiger partial charge in [0.15, 0.2) is 0 Å². The van der Waals surface area contributed by atoms with Crippen LogP contribution < -0.4 is 15.8 Å². The Bertz CT molecular complexity index is 558. The zero-order valence-corrected chi connectivity index (χ0v) is 14.6. The van der Waals surface area contributed by atoms with Gasteiger partial charge in [0, 0.05) is 11.2 Å². The molecule has 1 amide bonds. The number of rotatable bonds is 3. The zero-order valence-electron chi connectivity index (χ0n) is 14.6. The van der Waals surface area contributed by atoms with Crippen LogP contribution in [-0.2, 0) is 10.3 Å². The summed E-state index contributed by atoms with van der Waals surface area (Å²) >= 11 is 0. The van der Waals surface area contributed by atoms with E-state index in [1.165, 1.54) is 6.42 Å². The van der Waals surface area contributed by atoms with E-state index in [0.29, 0.717) is 5.69 Å². The summed E-state index contributed by atoms with van der Waals surface area (Å²) in [6.45, 7) is 5.52. The lowest BCUT2D eigenvalue weighted by Crippen LogP contribution is -2.39. The van der Waals surface area contributed by atoms with Crippen molar-refractivity contribution in [2.75, 3.05) is 12.4 Å². The second-order valence-corrected chi connectivity index (χ2v) is 7.26. The highest BCUT2D eigenvalue weighted by atomic mass is 16.6. The maximum absolute atomic E-state index is 12.1. The van der Waals surface area contributed by atoms with Crippen LogP contribution in [0.4, 0.5) is 10.5 Å². The fourth-order valence-electron chi connectivity index (χ4n) is 3.04. The molecule has 1 aliphatic carbocycles. The molecule has 5 heteroatoms. The summed E-state index contributed by atoms with van der Waals surface area (Å²) in [4.78, 5) is 12.1. The van der Waals surface area contributed by atoms with Crippen LogP contribution in [0.1, 0.15) is 58.4 Å². The van der Waals surface area contributed by atoms with Crippen molar-refractivity contribution in [3.63, 3.8) is 0 Å². The molecular weight excluding hydrogens is 292 g/mol. The summed E-state index contributed by atoms with van der Waals surface area (Å²) in [6, 6.07) is 5.59. The molecule has 0 aliphatic heterocycles. The van der Waals surface area contributed by atoms with Gasteiger partial charge < -0.3 is 15.2 Å². The topological polar surface area (TPSA) is 73.6 Å². The predicted molar refractivity (Wildman–Crippen MR) is 91.8 cm³/mol. The van der Waals surface area contributed by atoms with Crippen LogP contribution in [0.2, 0.25) is 0 Å². The number of hydrogen-bond acceptors (Lipinski definition) is 4. The van der Waals surface area contributed by atoms with E-state index >= 15 is 0 Å². The first-order chi connectivity index (χ1) is 10.7. The number of nitrogens with one attached hydrogen (secondary N) is 1. The summed E-state index contributed by atoms with van der Waals surface area (Å²) in [5, 5.41) is 2.84. The maximum Gasteiger partial charge on any atom is 0.412 e. The Morgan fingerprint density at radius 3 is 2.43 bits per heavy atom. The third kappa shape index (κ3) is 4.61. The highest BCUT2D eigenvalue weighted by Crippen LogP contribution is 2.40. The monoisotopic (exact) mass is 320 g/mol. The molecule has 1 aromatic rings. The molecule has 0 saturated heterocycles. The molecule has 0 unspecified atom stereocenters. The minimum Gasteiger partial charge on any atom is -0.497 e. The molecule has 0 heterocycles. The van der Waals surface area contributed by atoms with Crippen LogP contribution >= 0.6 is 0 Å². The van der Waals surface area contributed by atoms with E-state index in [4.69, 9.17) is 15.2 Å². The van der Waals surface area contributed by atoms with E-state index in [2.05, 4.69) is 5.32 Å². The molecule has 5 nitrogen and oxygen atoms in total. The van der Waals surface area contributed by atoms with Gasteiger partial charge >= 0.3 is 6.09 Å². The standard InChI is InChI=1S/C18H28N2O3/c1-17(2,3)23-16(21)20-15-9-8-13(22-4)12-14(15)18(19)10-6-5-7-11-18/h8-9,12H,5-7,10-11,19H2,1-4H3,(H,20,21). The number of hydrogen-bond donors (Lipinski definition) is 2. The number of carbonyl (C=O) groups excluding carboxylic acids is 1. The number of methoxy groups -OCH3 is 1. The Kier molecular flexibility index (Phi) is 5.19. The summed E-state index contributed by atoms with van der Waals surface area (Å²) in [7, 11) is 1.63. The van der Waals surface area contributed by atoms with Crippen molar-refractivity contribution in [3.8, 4) is 5.75 Å². The molecule has 0 spiro atoms. The Balaban J connectivity index is 2.30. The van der Waals surface area contributed by atoms with E-state index in [9.17, 15) is 4.79 Å². The van der Waals surface area contributed by atoms with Gasteiger partial charge in [-0.25, -0.2) is 4.79 Å². The predicted octanol–water partition coefficient (Wildman–Crippen LogP) is 4.16. The molecule has 3 N–H and O–H groups in total. The SMILES string of the molecule is COc1ccc(NC(=O)OC(C)(C)C)c(C2(N)CCCCC2)c1. The summed E-state index contributed by atoms with van der Waals surface area (Å²) in [5.41, 5.74) is 7.30. The zero-order chi connectivity index (χ0) is 17.1. The lowest BCUT2D eigenvalue weighted by atomic mass is 9.76. The molecule has 2 rings (SSSR count). The molecule has 0 atom stereocenters. The van der Waals surface area contributed by atoms with Gasteiger partial charge in [-0.1, -0.05) is 19.3 Å². The van der Waals surface area contributed by atoms with Gasteiger partial charge in [-0.3, -0.25) is 5.32 Å². The first kappa shape index (κ1) is 17.6. The molecule has 1 aliphatic rings. The second-order valence-electron chi connectivity index (χ2n) is 7.26. The van der Waals surface area contributed by atoms with Crippen LogP contribution in [0.5, 0.6) is 5.75 Å². The van der Waals surface area contributed by atoms with E-state index in [0.717, 1.165) is 37.0 Å². The molecule has 1 fully saturated rings. The van der Waals surface area contributed by atoms with Gasteiger partial charge in [0.25, 0.3) is 0 Å². The molecule has 0 bridgehead atoms. The lowest BCUT2D eigenvalue weighted by Gasteiger charge is -2.35. The largest absolute Gasteiger partial charge is 0.497 e. The molecule has 128 valence electrons. The van der Waals surface area contributed by atoms with E-state index < -0.39 is 17.2 Å². The quantitative estimate of drug-likeness (QED) is 0.877. The summed E-state index contributed by atoms with van der Waals surface area (Å²) in [5.74, 6) is 0.741. The third-order valence-corrected chi connectivity index (χ3v) is 4.14.